The van der Waals surface area contributed by atoms with Gasteiger partial charge in [-0.25, -0.2) is 0 Å². The zero-order valence-electron chi connectivity index (χ0n) is 13.4. The van der Waals surface area contributed by atoms with E-state index in [0.29, 0.717) is 17.9 Å². The topological polar surface area (TPSA) is 65.4 Å². The van der Waals surface area contributed by atoms with Crippen LogP contribution in [0.2, 0.25) is 0 Å². The van der Waals surface area contributed by atoms with E-state index >= 15 is 0 Å². The molecule has 1 aromatic carbocycles. The SMILES string of the molecule is COc1cccc(C(=O)N[C@@H]2CCO[C@H](c3cnn(C)c3)C2)c1. The lowest BCUT2D eigenvalue weighted by atomic mass is 9.99. The van der Waals surface area contributed by atoms with E-state index in [1.807, 2.05) is 31.6 Å². The number of ether oxygens (including phenoxy) is 2. The van der Waals surface area contributed by atoms with Crippen molar-refractivity contribution in [2.45, 2.75) is 25.0 Å². The van der Waals surface area contributed by atoms with Gasteiger partial charge in [0.2, 0.25) is 0 Å². The van der Waals surface area contributed by atoms with Gasteiger partial charge in [0.05, 0.1) is 19.4 Å². The molecule has 0 spiro atoms. The fraction of sp³-hybridized carbons (Fsp3) is 0.412. The molecule has 0 aliphatic carbocycles. The number of aromatic nitrogens is 2. The largest absolute Gasteiger partial charge is 0.497 e. The Morgan fingerprint density at radius 2 is 2.35 bits per heavy atom. The molecule has 1 aliphatic rings. The van der Waals surface area contributed by atoms with Gasteiger partial charge in [0.15, 0.2) is 0 Å². The van der Waals surface area contributed by atoms with Crippen molar-refractivity contribution >= 4 is 5.91 Å². The van der Waals surface area contributed by atoms with Crippen molar-refractivity contribution in [3.63, 3.8) is 0 Å². The number of amides is 1. The maximum Gasteiger partial charge on any atom is 0.251 e. The molecule has 1 aromatic heterocycles. The molecule has 1 fully saturated rings. The number of rotatable bonds is 4. The average Bonchev–Trinajstić information content (AvgIpc) is 3.02. The van der Waals surface area contributed by atoms with Crippen LogP contribution in [-0.2, 0) is 11.8 Å². The standard InChI is InChI=1S/C17H21N3O3/c1-20-11-13(10-18-20)16-9-14(6-7-23-16)19-17(21)12-4-3-5-15(8-12)22-2/h3-5,8,10-11,14,16H,6-7,9H2,1-2H3,(H,19,21)/t14-,16+/m1/s1. The van der Waals surface area contributed by atoms with E-state index < -0.39 is 0 Å². The Kier molecular flexibility index (Phi) is 4.62. The molecular weight excluding hydrogens is 294 g/mol. The fourth-order valence-corrected chi connectivity index (χ4v) is 2.80. The van der Waals surface area contributed by atoms with E-state index in [0.717, 1.165) is 18.4 Å². The predicted octanol–water partition coefficient (Wildman–Crippen LogP) is 2.08. The predicted molar refractivity (Wildman–Crippen MR) is 85.4 cm³/mol. The first-order chi connectivity index (χ1) is 11.2. The van der Waals surface area contributed by atoms with Gasteiger partial charge in [-0.2, -0.15) is 5.10 Å². The van der Waals surface area contributed by atoms with Crippen LogP contribution in [0, 0.1) is 0 Å². The third kappa shape index (κ3) is 3.71. The smallest absolute Gasteiger partial charge is 0.251 e. The second-order valence-electron chi connectivity index (χ2n) is 5.73. The van der Waals surface area contributed by atoms with Gasteiger partial charge < -0.3 is 14.8 Å². The minimum Gasteiger partial charge on any atom is -0.497 e. The van der Waals surface area contributed by atoms with Crippen molar-refractivity contribution in [1.82, 2.24) is 15.1 Å². The Hall–Kier alpha value is -2.34. The van der Waals surface area contributed by atoms with Gasteiger partial charge >= 0.3 is 0 Å². The Morgan fingerprint density at radius 3 is 3.09 bits per heavy atom. The summed E-state index contributed by atoms with van der Waals surface area (Å²) in [5.41, 5.74) is 1.65. The molecule has 122 valence electrons. The molecule has 2 heterocycles. The number of nitrogens with zero attached hydrogens (tertiary/aromatic N) is 2. The average molecular weight is 315 g/mol. The highest BCUT2D eigenvalue weighted by Gasteiger charge is 2.26. The summed E-state index contributed by atoms with van der Waals surface area (Å²) in [6.07, 6.45) is 5.31. The van der Waals surface area contributed by atoms with E-state index in [1.54, 1.807) is 23.9 Å². The summed E-state index contributed by atoms with van der Waals surface area (Å²) in [7, 11) is 3.47. The monoisotopic (exact) mass is 315 g/mol. The summed E-state index contributed by atoms with van der Waals surface area (Å²) >= 11 is 0. The molecule has 1 N–H and O–H groups in total. The van der Waals surface area contributed by atoms with Gasteiger partial charge in [-0.3, -0.25) is 9.48 Å². The maximum atomic E-state index is 12.4. The minimum absolute atomic E-state index is 0.0203. The lowest BCUT2D eigenvalue weighted by Crippen LogP contribution is -2.39. The van der Waals surface area contributed by atoms with Crippen LogP contribution in [0.25, 0.3) is 0 Å². The van der Waals surface area contributed by atoms with Crippen molar-refractivity contribution in [3.8, 4) is 5.75 Å². The van der Waals surface area contributed by atoms with Gasteiger partial charge in [0.1, 0.15) is 5.75 Å². The lowest BCUT2D eigenvalue weighted by molar-refractivity contribution is 0.000865. The number of hydrogen-bond donors (Lipinski definition) is 1. The van der Waals surface area contributed by atoms with Crippen LogP contribution >= 0.6 is 0 Å². The quantitative estimate of drug-likeness (QED) is 0.938. The summed E-state index contributed by atoms with van der Waals surface area (Å²) in [5.74, 6) is 0.596. The van der Waals surface area contributed by atoms with Crippen LogP contribution in [0.15, 0.2) is 36.7 Å². The molecule has 1 aliphatic heterocycles. The van der Waals surface area contributed by atoms with E-state index in [4.69, 9.17) is 9.47 Å². The normalized spacial score (nSPS) is 21.0. The zero-order valence-corrected chi connectivity index (χ0v) is 13.4. The van der Waals surface area contributed by atoms with E-state index in [2.05, 4.69) is 10.4 Å². The molecule has 3 rings (SSSR count). The molecule has 1 amide bonds. The highest BCUT2D eigenvalue weighted by Crippen LogP contribution is 2.28. The maximum absolute atomic E-state index is 12.4. The minimum atomic E-state index is -0.0827. The lowest BCUT2D eigenvalue weighted by Gasteiger charge is -2.29. The molecule has 1 saturated heterocycles. The van der Waals surface area contributed by atoms with Gasteiger partial charge in [0, 0.05) is 37.0 Å². The molecule has 0 radical (unpaired) electrons. The number of nitrogens with one attached hydrogen (secondary N) is 1. The number of benzene rings is 1. The first-order valence-corrected chi connectivity index (χ1v) is 7.71. The third-order valence-electron chi connectivity index (χ3n) is 4.05. The van der Waals surface area contributed by atoms with E-state index in [-0.39, 0.29) is 18.1 Å². The van der Waals surface area contributed by atoms with Gasteiger partial charge in [-0.15, -0.1) is 0 Å². The van der Waals surface area contributed by atoms with Crippen LogP contribution in [0.1, 0.15) is 34.9 Å². The number of carbonyl (C=O) groups excluding carboxylic acids is 1. The number of aryl methyl sites for hydroxylation is 1. The fourth-order valence-electron chi connectivity index (χ4n) is 2.80. The highest BCUT2D eigenvalue weighted by atomic mass is 16.5. The van der Waals surface area contributed by atoms with Crippen molar-refractivity contribution < 1.29 is 14.3 Å². The first kappa shape index (κ1) is 15.6. The van der Waals surface area contributed by atoms with Crippen molar-refractivity contribution in [1.29, 1.82) is 0 Å². The van der Waals surface area contributed by atoms with E-state index in [1.165, 1.54) is 0 Å². The van der Waals surface area contributed by atoms with Crippen LogP contribution in [0.4, 0.5) is 0 Å². The molecule has 23 heavy (non-hydrogen) atoms. The van der Waals surface area contributed by atoms with Crippen molar-refractivity contribution in [3.05, 3.63) is 47.8 Å². The Balaban J connectivity index is 1.64. The molecule has 2 aromatic rings. The molecule has 6 heteroatoms. The summed E-state index contributed by atoms with van der Waals surface area (Å²) in [6, 6.07) is 7.26. The van der Waals surface area contributed by atoms with Gasteiger partial charge in [-0.05, 0) is 31.0 Å². The molecule has 6 nitrogen and oxygen atoms in total. The van der Waals surface area contributed by atoms with Gasteiger partial charge in [-0.1, -0.05) is 6.07 Å². The zero-order chi connectivity index (χ0) is 16.2. The van der Waals surface area contributed by atoms with Gasteiger partial charge in [0.25, 0.3) is 5.91 Å². The highest BCUT2D eigenvalue weighted by molar-refractivity contribution is 5.94. The summed E-state index contributed by atoms with van der Waals surface area (Å²) in [4.78, 5) is 12.4. The van der Waals surface area contributed by atoms with Crippen molar-refractivity contribution in [2.24, 2.45) is 7.05 Å². The number of methoxy groups -OCH3 is 1. The molecular formula is C17H21N3O3. The molecule has 0 saturated carbocycles. The third-order valence-corrected chi connectivity index (χ3v) is 4.05. The van der Waals surface area contributed by atoms with Crippen molar-refractivity contribution in [2.75, 3.05) is 13.7 Å². The molecule has 2 atom stereocenters. The Bertz CT molecular complexity index is 683. The van der Waals surface area contributed by atoms with Crippen LogP contribution in [0.3, 0.4) is 0 Å². The number of hydrogen-bond acceptors (Lipinski definition) is 4. The molecule has 0 unspecified atom stereocenters. The van der Waals surface area contributed by atoms with Crippen LogP contribution in [0.5, 0.6) is 5.75 Å². The van der Waals surface area contributed by atoms with E-state index in [9.17, 15) is 4.79 Å². The summed E-state index contributed by atoms with van der Waals surface area (Å²) in [6.45, 7) is 0.628. The second-order valence-corrected chi connectivity index (χ2v) is 5.73. The molecule has 0 bridgehead atoms. The Morgan fingerprint density at radius 1 is 1.48 bits per heavy atom. The van der Waals surface area contributed by atoms with Crippen LogP contribution in [-0.4, -0.2) is 35.4 Å². The first-order valence-electron chi connectivity index (χ1n) is 7.71. The summed E-state index contributed by atoms with van der Waals surface area (Å²) < 4.78 is 12.7. The van der Waals surface area contributed by atoms with Crippen LogP contribution < -0.4 is 10.1 Å². The number of carbonyl (C=O) groups is 1. The summed E-state index contributed by atoms with van der Waals surface area (Å²) in [5, 5.41) is 7.27. The Labute approximate surface area is 135 Å². The second kappa shape index (κ2) is 6.83.